The monoisotopic (exact) mass is 436 g/mol. The first kappa shape index (κ1) is 21.3. The van der Waals surface area contributed by atoms with Crippen LogP contribution in [0.3, 0.4) is 0 Å². The van der Waals surface area contributed by atoms with Gasteiger partial charge in [-0.05, 0) is 37.5 Å². The summed E-state index contributed by atoms with van der Waals surface area (Å²) in [4.78, 5) is 9.60. The van der Waals surface area contributed by atoms with Crippen LogP contribution in [0.15, 0.2) is 33.2 Å². The Morgan fingerprint density at radius 3 is 1.73 bits per heavy atom. The number of halogens is 2. The summed E-state index contributed by atoms with van der Waals surface area (Å²) in [6.45, 7) is 10.4. The maximum atomic E-state index is 9.88. The van der Waals surface area contributed by atoms with Gasteiger partial charge in [0.25, 0.3) is 0 Å². The van der Waals surface area contributed by atoms with Crippen LogP contribution in [0.1, 0.15) is 50.8 Å². The maximum Gasteiger partial charge on any atom is 0.330 e. The van der Waals surface area contributed by atoms with Crippen LogP contribution in [0.5, 0.6) is 0 Å². The first-order valence-electron chi connectivity index (χ1n) is 6.72. The van der Waals surface area contributed by atoms with Crippen molar-refractivity contribution in [2.75, 3.05) is 0 Å². The lowest BCUT2D eigenvalue weighted by molar-refractivity contribution is -0.132. The molecule has 0 amide bonds. The zero-order valence-corrected chi connectivity index (χ0v) is 16.3. The lowest BCUT2D eigenvalue weighted by Gasteiger charge is -2.19. The SMILES string of the molecule is C=C(C)C(=O)O.CC(C)c1cc(Br)c(C(O)C(C)O)c(Br)c1. The van der Waals surface area contributed by atoms with E-state index in [0.29, 0.717) is 11.5 Å². The summed E-state index contributed by atoms with van der Waals surface area (Å²) < 4.78 is 1.64. The molecule has 0 aliphatic rings. The molecule has 0 bridgehead atoms. The van der Waals surface area contributed by atoms with Crippen molar-refractivity contribution < 1.29 is 20.1 Å². The highest BCUT2D eigenvalue weighted by molar-refractivity contribution is 9.11. The molecule has 3 N–H and O–H groups in total. The van der Waals surface area contributed by atoms with E-state index in [1.54, 1.807) is 6.92 Å². The highest BCUT2D eigenvalue weighted by atomic mass is 79.9. The fourth-order valence-corrected chi connectivity index (χ4v) is 3.15. The second-order valence-corrected chi connectivity index (χ2v) is 7.03. The van der Waals surface area contributed by atoms with Crippen LogP contribution in [-0.2, 0) is 4.79 Å². The normalized spacial score (nSPS) is 13.1. The van der Waals surface area contributed by atoms with E-state index in [4.69, 9.17) is 5.11 Å². The van der Waals surface area contributed by atoms with Gasteiger partial charge < -0.3 is 15.3 Å². The molecule has 1 aromatic rings. The predicted octanol–water partition coefficient (Wildman–Crippen LogP) is 4.40. The van der Waals surface area contributed by atoms with Crippen LogP contribution in [0.4, 0.5) is 0 Å². The van der Waals surface area contributed by atoms with Gasteiger partial charge in [-0.25, -0.2) is 4.79 Å². The van der Waals surface area contributed by atoms with E-state index in [1.807, 2.05) is 12.1 Å². The number of benzene rings is 1. The number of carboxylic acid groups (broad SMARTS) is 1. The Balaban J connectivity index is 0.000000626. The minimum atomic E-state index is -0.935. The molecule has 0 aromatic heterocycles. The van der Waals surface area contributed by atoms with E-state index >= 15 is 0 Å². The standard InChI is InChI=1S/C12H16Br2O2.C4H6O2/c1-6(2)8-4-9(13)11(10(14)5-8)12(16)7(3)15;1-3(2)4(5)6/h4-7,12,15-16H,1-3H3;1H2,2H3,(H,5,6). The molecule has 2 atom stereocenters. The zero-order chi connectivity index (χ0) is 17.6. The molecule has 0 heterocycles. The Kier molecular flexibility index (Phi) is 9.15. The number of hydrogen-bond acceptors (Lipinski definition) is 3. The number of aliphatic hydroxyl groups is 2. The molecule has 0 saturated heterocycles. The minimum absolute atomic E-state index is 0.176. The van der Waals surface area contributed by atoms with Crippen molar-refractivity contribution >= 4 is 37.8 Å². The zero-order valence-electron chi connectivity index (χ0n) is 13.1. The number of hydrogen-bond donors (Lipinski definition) is 3. The molecule has 0 radical (unpaired) electrons. The van der Waals surface area contributed by atoms with Crippen LogP contribution in [0.25, 0.3) is 0 Å². The third kappa shape index (κ3) is 6.60. The van der Waals surface area contributed by atoms with Gasteiger partial charge >= 0.3 is 5.97 Å². The Labute approximate surface area is 148 Å². The lowest BCUT2D eigenvalue weighted by atomic mass is 9.98. The molecule has 1 rings (SSSR count). The van der Waals surface area contributed by atoms with Gasteiger partial charge in [0.05, 0.1) is 6.10 Å². The molecular formula is C16H22Br2O4. The summed E-state index contributed by atoms with van der Waals surface area (Å²) in [5, 5.41) is 27.2. The van der Waals surface area contributed by atoms with Gasteiger partial charge in [0, 0.05) is 20.1 Å². The largest absolute Gasteiger partial charge is 0.478 e. The van der Waals surface area contributed by atoms with E-state index in [2.05, 4.69) is 52.3 Å². The van der Waals surface area contributed by atoms with Crippen molar-refractivity contribution in [3.63, 3.8) is 0 Å². The first-order chi connectivity index (χ1) is 9.98. The molecule has 6 heteroatoms. The highest BCUT2D eigenvalue weighted by Crippen LogP contribution is 2.35. The topological polar surface area (TPSA) is 77.8 Å². The van der Waals surface area contributed by atoms with E-state index < -0.39 is 18.2 Å². The van der Waals surface area contributed by atoms with Crippen LogP contribution >= 0.6 is 31.9 Å². The van der Waals surface area contributed by atoms with Crippen molar-refractivity contribution in [2.45, 2.75) is 45.8 Å². The predicted molar refractivity (Wildman–Crippen MR) is 95.0 cm³/mol. The Bertz CT molecular complexity index is 504. The van der Waals surface area contributed by atoms with Crippen molar-refractivity contribution in [1.29, 1.82) is 0 Å². The second kappa shape index (κ2) is 9.45. The highest BCUT2D eigenvalue weighted by Gasteiger charge is 2.20. The van der Waals surface area contributed by atoms with Gasteiger partial charge in [-0.2, -0.15) is 0 Å². The summed E-state index contributed by atoms with van der Waals surface area (Å²) in [5.41, 5.74) is 2.05. The number of aliphatic carboxylic acids is 1. The Morgan fingerprint density at radius 2 is 1.50 bits per heavy atom. The van der Waals surface area contributed by atoms with Gasteiger partial charge in [-0.15, -0.1) is 0 Å². The number of rotatable bonds is 4. The molecule has 0 aliphatic heterocycles. The fraction of sp³-hybridized carbons (Fsp3) is 0.438. The lowest BCUT2D eigenvalue weighted by Crippen LogP contribution is -2.15. The summed E-state index contributed by atoms with van der Waals surface area (Å²) in [5.74, 6) is -0.514. The summed E-state index contributed by atoms with van der Waals surface area (Å²) in [7, 11) is 0. The first-order valence-corrected chi connectivity index (χ1v) is 8.31. The van der Waals surface area contributed by atoms with E-state index in [0.717, 1.165) is 8.95 Å². The Hall–Kier alpha value is -0.690. The molecule has 0 fully saturated rings. The second-order valence-electron chi connectivity index (χ2n) is 5.32. The molecule has 0 spiro atoms. The molecule has 0 aliphatic carbocycles. The quantitative estimate of drug-likeness (QED) is 0.610. The van der Waals surface area contributed by atoms with Crippen molar-refractivity contribution in [1.82, 2.24) is 0 Å². The molecule has 4 nitrogen and oxygen atoms in total. The summed E-state index contributed by atoms with van der Waals surface area (Å²) >= 11 is 6.87. The molecule has 1 aromatic carbocycles. The van der Waals surface area contributed by atoms with E-state index in [9.17, 15) is 15.0 Å². The minimum Gasteiger partial charge on any atom is -0.478 e. The average Bonchev–Trinajstić information content (AvgIpc) is 2.37. The van der Waals surface area contributed by atoms with Crippen molar-refractivity contribution in [3.05, 3.63) is 44.4 Å². The van der Waals surface area contributed by atoms with Crippen molar-refractivity contribution in [2.24, 2.45) is 0 Å². The smallest absolute Gasteiger partial charge is 0.330 e. The van der Waals surface area contributed by atoms with Gasteiger partial charge in [-0.1, -0.05) is 52.3 Å². The van der Waals surface area contributed by atoms with Crippen LogP contribution in [0.2, 0.25) is 0 Å². The van der Waals surface area contributed by atoms with Crippen LogP contribution in [-0.4, -0.2) is 27.4 Å². The molecule has 0 saturated carbocycles. The number of carboxylic acids is 1. The van der Waals surface area contributed by atoms with E-state index in [1.165, 1.54) is 12.5 Å². The summed E-state index contributed by atoms with van der Waals surface area (Å²) in [6, 6.07) is 3.96. The van der Waals surface area contributed by atoms with Crippen molar-refractivity contribution in [3.8, 4) is 0 Å². The third-order valence-corrected chi connectivity index (χ3v) is 4.20. The van der Waals surface area contributed by atoms with Crippen LogP contribution < -0.4 is 0 Å². The number of carbonyl (C=O) groups is 1. The van der Waals surface area contributed by atoms with Gasteiger partial charge in [0.2, 0.25) is 0 Å². The Morgan fingerprint density at radius 1 is 1.14 bits per heavy atom. The number of aliphatic hydroxyl groups excluding tert-OH is 2. The summed E-state index contributed by atoms with van der Waals surface area (Å²) in [6.07, 6.45) is -1.68. The van der Waals surface area contributed by atoms with Gasteiger partial charge in [-0.3, -0.25) is 0 Å². The third-order valence-electron chi connectivity index (χ3n) is 2.89. The molecule has 124 valence electrons. The van der Waals surface area contributed by atoms with E-state index in [-0.39, 0.29) is 5.57 Å². The average molecular weight is 438 g/mol. The molecule has 22 heavy (non-hydrogen) atoms. The fourth-order valence-electron chi connectivity index (χ4n) is 1.46. The van der Waals surface area contributed by atoms with Gasteiger partial charge in [0.15, 0.2) is 0 Å². The maximum absolute atomic E-state index is 9.88. The molecule has 2 unspecified atom stereocenters. The van der Waals surface area contributed by atoms with Crippen LogP contribution in [0, 0.1) is 0 Å². The van der Waals surface area contributed by atoms with Gasteiger partial charge in [0.1, 0.15) is 6.10 Å². The molecular weight excluding hydrogens is 416 g/mol.